The van der Waals surface area contributed by atoms with Crippen molar-refractivity contribution in [2.24, 2.45) is 7.05 Å². The smallest absolute Gasteiger partial charge is 0.254 e. The van der Waals surface area contributed by atoms with Gasteiger partial charge in [0.05, 0.1) is 17.1 Å². The van der Waals surface area contributed by atoms with Crippen molar-refractivity contribution in [3.8, 4) is 0 Å². The van der Waals surface area contributed by atoms with Crippen molar-refractivity contribution in [2.75, 3.05) is 6.54 Å². The fourth-order valence-electron chi connectivity index (χ4n) is 3.48. The molecule has 1 atom stereocenters. The molecule has 3 aromatic rings. The van der Waals surface area contributed by atoms with E-state index < -0.39 is 0 Å². The number of carbonyl (C=O) groups is 1. The van der Waals surface area contributed by atoms with Gasteiger partial charge in [-0.1, -0.05) is 5.16 Å². The number of carbonyl (C=O) groups excluding carboxylic acids is 1. The van der Waals surface area contributed by atoms with Gasteiger partial charge in [-0.15, -0.1) is 0 Å². The molecule has 1 aromatic carbocycles. The van der Waals surface area contributed by atoms with Gasteiger partial charge in [0.15, 0.2) is 0 Å². The molecule has 1 amide bonds. The summed E-state index contributed by atoms with van der Waals surface area (Å²) in [6, 6.07) is 7.65. The Morgan fingerprint density at radius 2 is 2.12 bits per heavy atom. The van der Waals surface area contributed by atoms with E-state index in [0.717, 1.165) is 47.7 Å². The SMILES string of the molecule is Cc1cc([C@@H]2CCCN2C(=O)c2ccc3c(c2)nc(C)n3C)no1. The molecule has 0 saturated carbocycles. The Morgan fingerprint density at radius 3 is 2.88 bits per heavy atom. The second-order valence-electron chi connectivity index (χ2n) is 6.44. The van der Waals surface area contributed by atoms with E-state index in [9.17, 15) is 4.79 Å². The molecule has 1 saturated heterocycles. The molecule has 124 valence electrons. The van der Waals surface area contributed by atoms with Crippen LogP contribution in [0.2, 0.25) is 0 Å². The lowest BCUT2D eigenvalue weighted by Crippen LogP contribution is -2.30. The average Bonchev–Trinajstić information content (AvgIpc) is 3.27. The van der Waals surface area contributed by atoms with Gasteiger partial charge in [0.1, 0.15) is 17.3 Å². The topological polar surface area (TPSA) is 64.2 Å². The van der Waals surface area contributed by atoms with Crippen LogP contribution in [0.4, 0.5) is 0 Å². The summed E-state index contributed by atoms with van der Waals surface area (Å²) in [5.41, 5.74) is 3.41. The Kier molecular flexibility index (Phi) is 3.40. The van der Waals surface area contributed by atoms with Crippen LogP contribution in [0.5, 0.6) is 0 Å². The quantitative estimate of drug-likeness (QED) is 0.726. The number of hydrogen-bond acceptors (Lipinski definition) is 4. The zero-order chi connectivity index (χ0) is 16.8. The van der Waals surface area contributed by atoms with E-state index in [0.29, 0.717) is 5.56 Å². The Hall–Kier alpha value is -2.63. The van der Waals surface area contributed by atoms with Crippen LogP contribution in [0.25, 0.3) is 11.0 Å². The summed E-state index contributed by atoms with van der Waals surface area (Å²) >= 11 is 0. The average molecular weight is 324 g/mol. The van der Waals surface area contributed by atoms with E-state index >= 15 is 0 Å². The molecule has 3 heterocycles. The van der Waals surface area contributed by atoms with Crippen LogP contribution in [0.15, 0.2) is 28.8 Å². The van der Waals surface area contributed by atoms with Gasteiger partial charge >= 0.3 is 0 Å². The monoisotopic (exact) mass is 324 g/mol. The van der Waals surface area contributed by atoms with Crippen molar-refractivity contribution in [1.29, 1.82) is 0 Å². The number of amides is 1. The largest absolute Gasteiger partial charge is 0.361 e. The van der Waals surface area contributed by atoms with Gasteiger partial charge in [-0.3, -0.25) is 4.79 Å². The van der Waals surface area contributed by atoms with E-state index in [-0.39, 0.29) is 11.9 Å². The highest BCUT2D eigenvalue weighted by atomic mass is 16.5. The zero-order valence-corrected chi connectivity index (χ0v) is 14.1. The third-order valence-electron chi connectivity index (χ3n) is 4.85. The van der Waals surface area contributed by atoms with Crippen LogP contribution >= 0.6 is 0 Å². The molecule has 1 fully saturated rings. The molecule has 24 heavy (non-hydrogen) atoms. The third-order valence-corrected chi connectivity index (χ3v) is 4.85. The summed E-state index contributed by atoms with van der Waals surface area (Å²) < 4.78 is 7.21. The lowest BCUT2D eigenvalue weighted by molar-refractivity contribution is 0.0731. The lowest BCUT2D eigenvalue weighted by atomic mass is 10.1. The maximum absolute atomic E-state index is 13.0. The van der Waals surface area contributed by atoms with Gasteiger partial charge in [-0.05, 0) is 44.9 Å². The van der Waals surface area contributed by atoms with Gasteiger partial charge in [0, 0.05) is 25.2 Å². The minimum atomic E-state index is -0.00360. The summed E-state index contributed by atoms with van der Waals surface area (Å²) in [4.78, 5) is 19.4. The number of aromatic nitrogens is 3. The minimum Gasteiger partial charge on any atom is -0.361 e. The van der Waals surface area contributed by atoms with Crippen molar-refractivity contribution < 1.29 is 9.32 Å². The van der Waals surface area contributed by atoms with E-state index in [4.69, 9.17) is 4.52 Å². The summed E-state index contributed by atoms with van der Waals surface area (Å²) in [6.07, 6.45) is 1.90. The molecule has 4 rings (SSSR count). The van der Waals surface area contributed by atoms with E-state index in [1.165, 1.54) is 0 Å². The van der Waals surface area contributed by atoms with Gasteiger partial charge in [0.25, 0.3) is 5.91 Å². The molecule has 0 radical (unpaired) electrons. The molecule has 1 aliphatic rings. The molecule has 0 unspecified atom stereocenters. The number of imidazole rings is 1. The molecule has 0 bridgehead atoms. The van der Waals surface area contributed by atoms with Crippen molar-refractivity contribution in [2.45, 2.75) is 32.7 Å². The normalized spacial score (nSPS) is 17.8. The first kappa shape index (κ1) is 14.9. The summed E-state index contributed by atoms with van der Waals surface area (Å²) in [7, 11) is 1.98. The number of aryl methyl sites for hydroxylation is 3. The maximum atomic E-state index is 13.0. The highest BCUT2D eigenvalue weighted by Gasteiger charge is 2.32. The van der Waals surface area contributed by atoms with Gasteiger partial charge in [0.2, 0.25) is 0 Å². The van der Waals surface area contributed by atoms with Crippen molar-refractivity contribution in [3.63, 3.8) is 0 Å². The summed E-state index contributed by atoms with van der Waals surface area (Å²) in [5, 5.41) is 4.10. The van der Waals surface area contributed by atoms with Crippen LogP contribution in [0, 0.1) is 13.8 Å². The number of fused-ring (bicyclic) bond motifs is 1. The molecule has 0 aliphatic carbocycles. The minimum absolute atomic E-state index is 0.00360. The number of hydrogen-bond donors (Lipinski definition) is 0. The molecule has 0 spiro atoms. The molecule has 1 aliphatic heterocycles. The van der Waals surface area contributed by atoms with Crippen molar-refractivity contribution in [1.82, 2.24) is 19.6 Å². The number of likely N-dealkylation sites (tertiary alicyclic amines) is 1. The third kappa shape index (κ3) is 2.29. The first-order valence-electron chi connectivity index (χ1n) is 8.22. The Labute approximate surface area is 140 Å². The first-order chi connectivity index (χ1) is 11.5. The second kappa shape index (κ2) is 5.47. The number of nitrogens with zero attached hydrogens (tertiary/aromatic N) is 4. The fraction of sp³-hybridized carbons (Fsp3) is 0.389. The molecule has 6 heteroatoms. The van der Waals surface area contributed by atoms with Crippen LogP contribution in [-0.2, 0) is 7.05 Å². The summed E-state index contributed by atoms with van der Waals surface area (Å²) in [5.74, 6) is 1.74. The predicted molar refractivity (Wildman–Crippen MR) is 89.7 cm³/mol. The first-order valence-corrected chi connectivity index (χ1v) is 8.22. The van der Waals surface area contributed by atoms with Crippen molar-refractivity contribution in [3.05, 3.63) is 47.1 Å². The second-order valence-corrected chi connectivity index (χ2v) is 6.44. The predicted octanol–water partition coefficient (Wildman–Crippen LogP) is 3.16. The summed E-state index contributed by atoms with van der Waals surface area (Å²) in [6.45, 7) is 4.58. The molecular formula is C18H20N4O2. The molecule has 2 aromatic heterocycles. The van der Waals surface area contributed by atoms with E-state index in [1.807, 2.05) is 54.6 Å². The highest BCUT2D eigenvalue weighted by molar-refractivity contribution is 5.97. The number of rotatable bonds is 2. The van der Waals surface area contributed by atoms with Gasteiger partial charge in [-0.2, -0.15) is 0 Å². The molecule has 6 nitrogen and oxygen atoms in total. The van der Waals surface area contributed by atoms with Crippen molar-refractivity contribution >= 4 is 16.9 Å². The van der Waals surface area contributed by atoms with Crippen LogP contribution < -0.4 is 0 Å². The molecule has 0 N–H and O–H groups in total. The van der Waals surface area contributed by atoms with Gasteiger partial charge in [-0.25, -0.2) is 4.98 Å². The maximum Gasteiger partial charge on any atom is 0.254 e. The standard InChI is InChI=1S/C18H20N4O2/c1-11-9-15(20-24-11)17-5-4-8-22(17)18(23)13-6-7-16-14(10-13)19-12(2)21(16)3/h6-7,9-10,17H,4-5,8H2,1-3H3/t17-/m0/s1. The van der Waals surface area contributed by atoms with Gasteiger partial charge < -0.3 is 14.0 Å². The molecular weight excluding hydrogens is 304 g/mol. The lowest BCUT2D eigenvalue weighted by Gasteiger charge is -2.23. The highest BCUT2D eigenvalue weighted by Crippen LogP contribution is 2.33. The Morgan fingerprint density at radius 1 is 1.29 bits per heavy atom. The number of benzene rings is 1. The van der Waals surface area contributed by atoms with E-state index in [2.05, 4.69) is 10.1 Å². The van der Waals surface area contributed by atoms with Crippen LogP contribution in [-0.4, -0.2) is 32.1 Å². The Balaban J connectivity index is 1.67. The van der Waals surface area contributed by atoms with Crippen LogP contribution in [0.3, 0.4) is 0 Å². The van der Waals surface area contributed by atoms with Crippen LogP contribution in [0.1, 0.15) is 46.5 Å². The zero-order valence-electron chi connectivity index (χ0n) is 14.1. The Bertz CT molecular complexity index is 924. The fourth-order valence-corrected chi connectivity index (χ4v) is 3.48. The van der Waals surface area contributed by atoms with E-state index in [1.54, 1.807) is 0 Å².